The number of nitrogens with zero attached hydrogens (tertiary/aromatic N) is 3. The van der Waals surface area contributed by atoms with Gasteiger partial charge < -0.3 is 14.8 Å². The average molecular weight is 314 g/mol. The molecule has 0 radical (unpaired) electrons. The molecule has 122 valence electrons. The summed E-state index contributed by atoms with van der Waals surface area (Å²) in [5, 5.41) is 1.11. The van der Waals surface area contributed by atoms with Crippen LogP contribution in [0.1, 0.15) is 10.4 Å². The molecule has 6 heteroatoms. The molecular formula is C17H22N4O2. The van der Waals surface area contributed by atoms with Gasteiger partial charge in [-0.1, -0.05) is 6.07 Å². The highest BCUT2D eigenvalue weighted by Crippen LogP contribution is 2.16. The molecule has 1 aliphatic heterocycles. The van der Waals surface area contributed by atoms with Crippen molar-refractivity contribution in [2.24, 2.45) is 0 Å². The van der Waals surface area contributed by atoms with Gasteiger partial charge in [-0.15, -0.1) is 0 Å². The second-order valence-corrected chi connectivity index (χ2v) is 6.14. The van der Waals surface area contributed by atoms with Crippen molar-refractivity contribution >= 4 is 22.7 Å². The van der Waals surface area contributed by atoms with E-state index in [9.17, 15) is 9.59 Å². The van der Waals surface area contributed by atoms with Gasteiger partial charge in [0.15, 0.2) is 0 Å². The van der Waals surface area contributed by atoms with E-state index >= 15 is 0 Å². The number of piperazine rings is 1. The molecule has 1 saturated heterocycles. The van der Waals surface area contributed by atoms with Gasteiger partial charge in [0, 0.05) is 57.6 Å². The summed E-state index contributed by atoms with van der Waals surface area (Å²) < 4.78 is 0. The molecule has 1 aromatic heterocycles. The first-order valence-electron chi connectivity index (χ1n) is 7.83. The SMILES string of the molecule is CN(C)C(=O)CN1CCN(C(=O)c2ccc3cc[nH]c3c2)CC1. The van der Waals surface area contributed by atoms with Gasteiger partial charge >= 0.3 is 0 Å². The monoisotopic (exact) mass is 314 g/mol. The van der Waals surface area contributed by atoms with E-state index in [-0.39, 0.29) is 11.8 Å². The Morgan fingerprint density at radius 3 is 2.57 bits per heavy atom. The Hall–Kier alpha value is -2.34. The minimum absolute atomic E-state index is 0.0556. The fourth-order valence-electron chi connectivity index (χ4n) is 2.81. The van der Waals surface area contributed by atoms with Crippen LogP contribution in [0.5, 0.6) is 0 Å². The Morgan fingerprint density at radius 2 is 1.87 bits per heavy atom. The third-order valence-corrected chi connectivity index (χ3v) is 4.32. The third-order valence-electron chi connectivity index (χ3n) is 4.32. The lowest BCUT2D eigenvalue weighted by Gasteiger charge is -2.34. The van der Waals surface area contributed by atoms with E-state index in [1.54, 1.807) is 19.0 Å². The van der Waals surface area contributed by atoms with Crippen LogP contribution in [0, 0.1) is 0 Å². The van der Waals surface area contributed by atoms with E-state index in [0.717, 1.165) is 24.0 Å². The highest BCUT2D eigenvalue weighted by atomic mass is 16.2. The number of amides is 2. The molecule has 2 aromatic rings. The van der Waals surface area contributed by atoms with Gasteiger partial charge in [0.05, 0.1) is 6.54 Å². The van der Waals surface area contributed by atoms with Crippen molar-refractivity contribution in [1.29, 1.82) is 0 Å². The number of carbonyl (C=O) groups excluding carboxylic acids is 2. The van der Waals surface area contributed by atoms with Gasteiger partial charge in [-0.2, -0.15) is 0 Å². The standard InChI is InChI=1S/C17H22N4O2/c1-19(2)16(22)12-20-7-9-21(10-8-20)17(23)14-4-3-13-5-6-18-15(13)11-14/h3-6,11,18H,7-10,12H2,1-2H3. The molecule has 23 heavy (non-hydrogen) atoms. The van der Waals surface area contributed by atoms with Gasteiger partial charge in [-0.3, -0.25) is 14.5 Å². The Kier molecular flexibility index (Phi) is 4.34. The van der Waals surface area contributed by atoms with Crippen molar-refractivity contribution < 1.29 is 9.59 Å². The number of aromatic amines is 1. The number of fused-ring (bicyclic) bond motifs is 1. The van der Waals surface area contributed by atoms with E-state index in [0.29, 0.717) is 25.2 Å². The van der Waals surface area contributed by atoms with Crippen molar-refractivity contribution in [1.82, 2.24) is 19.7 Å². The molecule has 1 aliphatic rings. The normalized spacial score (nSPS) is 15.8. The summed E-state index contributed by atoms with van der Waals surface area (Å²) in [6, 6.07) is 7.73. The van der Waals surface area contributed by atoms with Gasteiger partial charge in [0.1, 0.15) is 0 Å². The van der Waals surface area contributed by atoms with Crippen LogP contribution in [0.25, 0.3) is 10.9 Å². The minimum Gasteiger partial charge on any atom is -0.361 e. The number of hydrogen-bond acceptors (Lipinski definition) is 3. The van der Waals surface area contributed by atoms with Crippen molar-refractivity contribution in [3.05, 3.63) is 36.0 Å². The molecule has 3 rings (SSSR count). The van der Waals surface area contributed by atoms with E-state index < -0.39 is 0 Å². The van der Waals surface area contributed by atoms with Gasteiger partial charge in [0.25, 0.3) is 5.91 Å². The first kappa shape index (κ1) is 15.6. The molecule has 0 atom stereocenters. The van der Waals surface area contributed by atoms with Crippen LogP contribution in [-0.4, -0.2) is 78.3 Å². The first-order chi connectivity index (χ1) is 11.0. The minimum atomic E-state index is 0.0556. The largest absolute Gasteiger partial charge is 0.361 e. The summed E-state index contributed by atoms with van der Waals surface area (Å²) in [6.45, 7) is 3.19. The predicted octanol–water partition coefficient (Wildman–Crippen LogP) is 1.01. The number of nitrogens with one attached hydrogen (secondary N) is 1. The molecule has 1 N–H and O–H groups in total. The van der Waals surface area contributed by atoms with Gasteiger partial charge in [-0.05, 0) is 23.6 Å². The molecule has 0 bridgehead atoms. The number of rotatable bonds is 3. The lowest BCUT2D eigenvalue weighted by atomic mass is 10.1. The molecule has 1 aromatic carbocycles. The van der Waals surface area contributed by atoms with Gasteiger partial charge in [-0.25, -0.2) is 0 Å². The first-order valence-corrected chi connectivity index (χ1v) is 7.83. The van der Waals surface area contributed by atoms with Crippen LogP contribution >= 0.6 is 0 Å². The maximum absolute atomic E-state index is 12.6. The van der Waals surface area contributed by atoms with Crippen LogP contribution in [0.4, 0.5) is 0 Å². The lowest BCUT2D eigenvalue weighted by Crippen LogP contribution is -2.51. The molecule has 6 nitrogen and oxygen atoms in total. The Labute approximate surface area is 135 Å². The highest BCUT2D eigenvalue weighted by Gasteiger charge is 2.23. The topological polar surface area (TPSA) is 59.7 Å². The summed E-state index contributed by atoms with van der Waals surface area (Å²) in [5.41, 5.74) is 1.68. The molecule has 1 fully saturated rings. The third kappa shape index (κ3) is 3.37. The van der Waals surface area contributed by atoms with Crippen LogP contribution < -0.4 is 0 Å². The molecule has 0 spiro atoms. The molecule has 2 amide bonds. The fraction of sp³-hybridized carbons (Fsp3) is 0.412. The Morgan fingerprint density at radius 1 is 1.13 bits per heavy atom. The quantitative estimate of drug-likeness (QED) is 0.920. The number of carbonyl (C=O) groups is 2. The van der Waals surface area contributed by atoms with E-state index in [1.165, 1.54) is 0 Å². The van der Waals surface area contributed by atoms with E-state index in [4.69, 9.17) is 0 Å². The van der Waals surface area contributed by atoms with Crippen LogP contribution in [0.2, 0.25) is 0 Å². The smallest absolute Gasteiger partial charge is 0.254 e. The highest BCUT2D eigenvalue weighted by molar-refractivity contribution is 5.98. The van der Waals surface area contributed by atoms with Crippen LogP contribution in [-0.2, 0) is 4.79 Å². The molecule has 2 heterocycles. The van der Waals surface area contributed by atoms with Crippen molar-refractivity contribution in [2.75, 3.05) is 46.8 Å². The summed E-state index contributed by atoms with van der Waals surface area (Å²) >= 11 is 0. The van der Waals surface area contributed by atoms with E-state index in [1.807, 2.05) is 35.4 Å². The second-order valence-electron chi connectivity index (χ2n) is 6.14. The zero-order valence-electron chi connectivity index (χ0n) is 13.6. The zero-order chi connectivity index (χ0) is 16.4. The predicted molar refractivity (Wildman–Crippen MR) is 89.3 cm³/mol. The number of hydrogen-bond donors (Lipinski definition) is 1. The summed E-state index contributed by atoms with van der Waals surface area (Å²) in [5.74, 6) is 0.155. The molecule has 0 saturated carbocycles. The van der Waals surface area contributed by atoms with E-state index in [2.05, 4.69) is 9.88 Å². The van der Waals surface area contributed by atoms with Crippen molar-refractivity contribution in [3.8, 4) is 0 Å². The number of benzene rings is 1. The number of likely N-dealkylation sites (N-methyl/N-ethyl adjacent to an activating group) is 1. The Balaban J connectivity index is 1.60. The second kappa shape index (κ2) is 6.42. The summed E-state index contributed by atoms with van der Waals surface area (Å²) in [7, 11) is 3.53. The maximum Gasteiger partial charge on any atom is 0.254 e. The van der Waals surface area contributed by atoms with Crippen LogP contribution in [0.15, 0.2) is 30.5 Å². The molecule has 0 aliphatic carbocycles. The number of aromatic nitrogens is 1. The van der Waals surface area contributed by atoms with Crippen molar-refractivity contribution in [3.63, 3.8) is 0 Å². The average Bonchev–Trinajstić information content (AvgIpc) is 3.02. The Bertz CT molecular complexity index is 714. The zero-order valence-corrected chi connectivity index (χ0v) is 13.6. The lowest BCUT2D eigenvalue weighted by molar-refractivity contribution is -0.130. The summed E-state index contributed by atoms with van der Waals surface area (Å²) in [4.78, 5) is 33.1. The summed E-state index contributed by atoms with van der Waals surface area (Å²) in [6.07, 6.45) is 1.87. The molecular weight excluding hydrogens is 292 g/mol. The maximum atomic E-state index is 12.6. The van der Waals surface area contributed by atoms with Crippen LogP contribution in [0.3, 0.4) is 0 Å². The number of H-pyrrole nitrogens is 1. The fourth-order valence-corrected chi connectivity index (χ4v) is 2.81. The van der Waals surface area contributed by atoms with Gasteiger partial charge in [0.2, 0.25) is 5.91 Å². The van der Waals surface area contributed by atoms with Crippen molar-refractivity contribution in [2.45, 2.75) is 0 Å². The molecule has 0 unspecified atom stereocenters.